The molecule has 0 amide bonds. The van der Waals surface area contributed by atoms with E-state index < -0.39 is 10.0 Å². The van der Waals surface area contributed by atoms with Gasteiger partial charge in [0.15, 0.2) is 0 Å². The van der Waals surface area contributed by atoms with Crippen LogP contribution in [-0.4, -0.2) is 35.2 Å². The lowest BCUT2D eigenvalue weighted by molar-refractivity contribution is 0.192. The highest BCUT2D eigenvalue weighted by Gasteiger charge is 2.15. The van der Waals surface area contributed by atoms with Crippen molar-refractivity contribution in [2.45, 2.75) is 36.9 Å². The van der Waals surface area contributed by atoms with Crippen molar-refractivity contribution in [3.63, 3.8) is 0 Å². The number of thiophene rings is 1. The fraction of sp³-hybridized carbons (Fsp3) is 0.692. The Hall–Kier alpha value is -0.470. The fourth-order valence-corrected chi connectivity index (χ4v) is 4.01. The number of rotatable bonds is 11. The van der Waals surface area contributed by atoms with Crippen molar-refractivity contribution in [2.75, 3.05) is 26.8 Å². The van der Waals surface area contributed by atoms with Crippen molar-refractivity contribution < 1.29 is 13.2 Å². The Morgan fingerprint density at radius 2 is 2.10 bits per heavy atom. The first-order valence-electron chi connectivity index (χ1n) is 6.87. The predicted molar refractivity (Wildman–Crippen MR) is 82.6 cm³/mol. The van der Waals surface area contributed by atoms with Crippen molar-refractivity contribution in [3.8, 4) is 0 Å². The van der Waals surface area contributed by atoms with E-state index in [-0.39, 0.29) is 0 Å². The summed E-state index contributed by atoms with van der Waals surface area (Å²) in [6.45, 7) is 4.81. The van der Waals surface area contributed by atoms with E-state index in [0.717, 1.165) is 38.0 Å². The molecule has 1 rings (SSSR count). The molecule has 0 radical (unpaired) electrons. The third kappa shape index (κ3) is 6.32. The van der Waals surface area contributed by atoms with Gasteiger partial charge in [-0.15, -0.1) is 11.3 Å². The zero-order valence-corrected chi connectivity index (χ0v) is 13.8. The zero-order chi connectivity index (χ0) is 14.8. The maximum atomic E-state index is 12.1. The molecule has 0 bridgehead atoms. The SMILES string of the molecule is CCNCc1csc(S(=O)(=O)NCCCCCOC)c1. The molecule has 2 N–H and O–H groups in total. The van der Waals surface area contributed by atoms with Gasteiger partial charge in [-0.25, -0.2) is 13.1 Å². The number of sulfonamides is 1. The van der Waals surface area contributed by atoms with Crippen LogP contribution in [0.15, 0.2) is 15.7 Å². The van der Waals surface area contributed by atoms with Gasteiger partial charge in [-0.05, 0) is 42.8 Å². The van der Waals surface area contributed by atoms with Crippen LogP contribution in [0.4, 0.5) is 0 Å². The smallest absolute Gasteiger partial charge is 0.250 e. The molecule has 0 saturated heterocycles. The maximum Gasteiger partial charge on any atom is 0.250 e. The highest BCUT2D eigenvalue weighted by Crippen LogP contribution is 2.20. The Bertz CT molecular complexity index is 472. The van der Waals surface area contributed by atoms with E-state index in [9.17, 15) is 8.42 Å². The second-order valence-corrected chi connectivity index (χ2v) is 7.41. The third-order valence-corrected chi connectivity index (χ3v) is 5.74. The van der Waals surface area contributed by atoms with Gasteiger partial charge in [0, 0.05) is 26.8 Å². The molecule has 0 fully saturated rings. The average molecular weight is 320 g/mol. The van der Waals surface area contributed by atoms with Crippen LogP contribution >= 0.6 is 11.3 Å². The summed E-state index contributed by atoms with van der Waals surface area (Å²) in [5.41, 5.74) is 1.01. The molecule has 0 aliphatic heterocycles. The molecule has 7 heteroatoms. The third-order valence-electron chi connectivity index (χ3n) is 2.79. The lowest BCUT2D eigenvalue weighted by Gasteiger charge is -2.04. The van der Waals surface area contributed by atoms with Gasteiger partial charge in [0.05, 0.1) is 0 Å². The summed E-state index contributed by atoms with van der Waals surface area (Å²) < 4.78 is 32.1. The molecule has 5 nitrogen and oxygen atoms in total. The van der Waals surface area contributed by atoms with E-state index in [4.69, 9.17) is 4.74 Å². The summed E-state index contributed by atoms with van der Waals surface area (Å²) in [7, 11) is -1.68. The Balaban J connectivity index is 2.38. The highest BCUT2D eigenvalue weighted by atomic mass is 32.2. The van der Waals surface area contributed by atoms with Crippen LogP contribution in [0, 0.1) is 0 Å². The summed E-state index contributed by atoms with van der Waals surface area (Å²) in [5.74, 6) is 0. The van der Waals surface area contributed by atoms with Gasteiger partial charge in [-0.2, -0.15) is 0 Å². The molecular formula is C13H24N2O3S2. The van der Waals surface area contributed by atoms with E-state index in [1.807, 2.05) is 12.3 Å². The lowest BCUT2D eigenvalue weighted by atomic mass is 10.2. The Kier molecular flexibility index (Phi) is 8.32. The molecule has 1 heterocycles. The fourth-order valence-electron chi connectivity index (χ4n) is 1.68. The second-order valence-electron chi connectivity index (χ2n) is 4.51. The van der Waals surface area contributed by atoms with Gasteiger partial charge in [-0.1, -0.05) is 6.92 Å². The Morgan fingerprint density at radius 1 is 1.30 bits per heavy atom. The molecule has 0 atom stereocenters. The summed E-state index contributed by atoms with van der Waals surface area (Å²) in [6, 6.07) is 1.74. The van der Waals surface area contributed by atoms with Gasteiger partial charge < -0.3 is 10.1 Å². The van der Waals surface area contributed by atoms with E-state index in [1.54, 1.807) is 13.2 Å². The van der Waals surface area contributed by atoms with Gasteiger partial charge in [0.2, 0.25) is 10.0 Å². The van der Waals surface area contributed by atoms with E-state index in [1.165, 1.54) is 11.3 Å². The highest BCUT2D eigenvalue weighted by molar-refractivity contribution is 7.91. The molecule has 0 unspecified atom stereocenters. The number of unbranched alkanes of at least 4 members (excludes halogenated alkanes) is 2. The van der Waals surface area contributed by atoms with Crippen LogP contribution in [-0.2, 0) is 21.3 Å². The number of hydrogen-bond donors (Lipinski definition) is 2. The van der Waals surface area contributed by atoms with Gasteiger partial charge in [0.1, 0.15) is 4.21 Å². The van der Waals surface area contributed by atoms with Crippen molar-refractivity contribution in [1.82, 2.24) is 10.0 Å². The van der Waals surface area contributed by atoms with Crippen LogP contribution in [0.5, 0.6) is 0 Å². The molecule has 0 aromatic carbocycles. The summed E-state index contributed by atoms with van der Waals surface area (Å²) in [4.78, 5) is 0. The number of methoxy groups -OCH3 is 1. The minimum absolute atomic E-state index is 0.391. The molecule has 0 aliphatic rings. The molecule has 1 aromatic rings. The van der Waals surface area contributed by atoms with Gasteiger partial charge in [-0.3, -0.25) is 0 Å². The number of nitrogens with one attached hydrogen (secondary N) is 2. The quantitative estimate of drug-likeness (QED) is 0.612. The van der Waals surface area contributed by atoms with Crippen LogP contribution in [0.1, 0.15) is 31.7 Å². The van der Waals surface area contributed by atoms with Crippen LogP contribution in [0.25, 0.3) is 0 Å². The van der Waals surface area contributed by atoms with Crippen LogP contribution < -0.4 is 10.0 Å². The second kappa shape index (κ2) is 9.46. The standard InChI is InChI=1S/C13H24N2O3S2/c1-3-14-10-12-9-13(19-11-12)20(16,17)15-7-5-4-6-8-18-2/h9,11,14-15H,3-8,10H2,1-2H3. The first-order chi connectivity index (χ1) is 9.60. The normalized spacial score (nSPS) is 11.9. The first-order valence-corrected chi connectivity index (χ1v) is 9.23. The minimum atomic E-state index is -3.35. The molecule has 0 spiro atoms. The van der Waals surface area contributed by atoms with Crippen LogP contribution in [0.2, 0.25) is 0 Å². The van der Waals surface area contributed by atoms with Crippen molar-refractivity contribution in [2.24, 2.45) is 0 Å². The maximum absolute atomic E-state index is 12.1. The summed E-state index contributed by atoms with van der Waals surface area (Å²) in [5, 5.41) is 5.07. The lowest BCUT2D eigenvalue weighted by Crippen LogP contribution is -2.24. The number of hydrogen-bond acceptors (Lipinski definition) is 5. The zero-order valence-electron chi connectivity index (χ0n) is 12.1. The predicted octanol–water partition coefficient (Wildman–Crippen LogP) is 1.95. The summed E-state index contributed by atoms with van der Waals surface area (Å²) in [6.07, 6.45) is 2.76. The largest absolute Gasteiger partial charge is 0.385 e. The first kappa shape index (κ1) is 17.6. The molecule has 0 aliphatic carbocycles. The van der Waals surface area contributed by atoms with Crippen molar-refractivity contribution in [1.29, 1.82) is 0 Å². The van der Waals surface area contributed by atoms with Gasteiger partial charge >= 0.3 is 0 Å². The average Bonchev–Trinajstić information content (AvgIpc) is 2.90. The topological polar surface area (TPSA) is 67.4 Å². The summed E-state index contributed by atoms with van der Waals surface area (Å²) >= 11 is 1.27. The van der Waals surface area contributed by atoms with E-state index >= 15 is 0 Å². The van der Waals surface area contributed by atoms with Crippen molar-refractivity contribution in [3.05, 3.63) is 17.0 Å². The van der Waals surface area contributed by atoms with E-state index in [0.29, 0.717) is 17.3 Å². The van der Waals surface area contributed by atoms with Gasteiger partial charge in [0.25, 0.3) is 0 Å². The molecular weight excluding hydrogens is 296 g/mol. The molecule has 116 valence electrons. The Labute approximate surface area is 125 Å². The Morgan fingerprint density at radius 3 is 2.80 bits per heavy atom. The van der Waals surface area contributed by atoms with Crippen LogP contribution in [0.3, 0.4) is 0 Å². The van der Waals surface area contributed by atoms with E-state index in [2.05, 4.69) is 10.0 Å². The monoisotopic (exact) mass is 320 g/mol. The molecule has 20 heavy (non-hydrogen) atoms. The molecule has 1 aromatic heterocycles. The molecule has 0 saturated carbocycles. The number of ether oxygens (including phenoxy) is 1. The minimum Gasteiger partial charge on any atom is -0.385 e. The van der Waals surface area contributed by atoms with Crippen molar-refractivity contribution >= 4 is 21.4 Å².